The summed E-state index contributed by atoms with van der Waals surface area (Å²) >= 11 is 5.86. The zero-order valence-electron chi connectivity index (χ0n) is 12.2. The molecule has 0 aliphatic heterocycles. The van der Waals surface area contributed by atoms with Crippen molar-refractivity contribution in [2.45, 2.75) is 13.8 Å². The van der Waals surface area contributed by atoms with E-state index in [-0.39, 0.29) is 0 Å². The average Bonchev–Trinajstić information content (AvgIpc) is 2.46. The fourth-order valence-corrected chi connectivity index (χ4v) is 1.98. The van der Waals surface area contributed by atoms with E-state index in [0.717, 1.165) is 11.1 Å². The molecule has 0 radical (unpaired) electrons. The normalized spacial score (nSPS) is 10.1. The molecule has 22 heavy (non-hydrogen) atoms. The van der Waals surface area contributed by atoms with E-state index in [1.54, 1.807) is 24.3 Å². The number of hydrogen-bond donors (Lipinski definition) is 3. The maximum Gasteiger partial charge on any atom is 0.314 e. The van der Waals surface area contributed by atoms with Gasteiger partial charge in [0, 0.05) is 11.4 Å². The summed E-state index contributed by atoms with van der Waals surface area (Å²) in [5.41, 5.74) is 9.10. The van der Waals surface area contributed by atoms with E-state index in [1.807, 2.05) is 19.9 Å². The van der Waals surface area contributed by atoms with Crippen LogP contribution in [0.1, 0.15) is 11.1 Å². The van der Waals surface area contributed by atoms with E-state index < -0.39 is 11.8 Å². The minimum atomic E-state index is -0.779. The van der Waals surface area contributed by atoms with Crippen LogP contribution >= 0.6 is 11.6 Å². The molecule has 6 heteroatoms. The molecule has 2 rings (SSSR count). The van der Waals surface area contributed by atoms with Gasteiger partial charge in [-0.2, -0.15) is 0 Å². The number of amides is 2. The fourth-order valence-electron chi connectivity index (χ4n) is 1.80. The van der Waals surface area contributed by atoms with Crippen LogP contribution in [-0.4, -0.2) is 11.8 Å². The molecule has 5 nitrogen and oxygen atoms in total. The summed E-state index contributed by atoms with van der Waals surface area (Å²) in [5.74, 6) is -1.53. The number of carbonyl (C=O) groups excluding carboxylic acids is 2. The van der Waals surface area contributed by atoms with Crippen LogP contribution < -0.4 is 16.4 Å². The highest BCUT2D eigenvalue weighted by Gasteiger charge is 2.14. The van der Waals surface area contributed by atoms with E-state index in [2.05, 4.69) is 10.6 Å². The third kappa shape index (κ3) is 3.77. The number of nitrogens with one attached hydrogen (secondary N) is 2. The number of anilines is 3. The number of rotatable bonds is 2. The van der Waals surface area contributed by atoms with E-state index in [0.29, 0.717) is 22.1 Å². The lowest BCUT2D eigenvalue weighted by atomic mass is 10.1. The van der Waals surface area contributed by atoms with Gasteiger partial charge in [0.1, 0.15) is 0 Å². The molecule has 0 bridgehead atoms. The van der Waals surface area contributed by atoms with Gasteiger partial charge in [-0.15, -0.1) is 0 Å². The zero-order valence-corrected chi connectivity index (χ0v) is 13.0. The Kier molecular flexibility index (Phi) is 4.68. The molecule has 0 aliphatic carbocycles. The molecule has 0 saturated carbocycles. The summed E-state index contributed by atoms with van der Waals surface area (Å²) in [7, 11) is 0. The van der Waals surface area contributed by atoms with Crippen LogP contribution in [-0.2, 0) is 9.59 Å². The summed E-state index contributed by atoms with van der Waals surface area (Å²) in [6.07, 6.45) is 0. The summed E-state index contributed by atoms with van der Waals surface area (Å²) in [6.45, 7) is 3.90. The van der Waals surface area contributed by atoms with Crippen LogP contribution in [0.3, 0.4) is 0 Å². The maximum absolute atomic E-state index is 11.9. The van der Waals surface area contributed by atoms with Crippen molar-refractivity contribution in [3.8, 4) is 0 Å². The van der Waals surface area contributed by atoms with Gasteiger partial charge in [-0.25, -0.2) is 0 Å². The van der Waals surface area contributed by atoms with Crippen molar-refractivity contribution in [1.82, 2.24) is 0 Å². The molecule has 0 unspecified atom stereocenters. The van der Waals surface area contributed by atoms with Crippen molar-refractivity contribution in [3.63, 3.8) is 0 Å². The molecule has 2 amide bonds. The van der Waals surface area contributed by atoms with Gasteiger partial charge in [0.2, 0.25) is 0 Å². The van der Waals surface area contributed by atoms with Crippen molar-refractivity contribution in [2.75, 3.05) is 16.4 Å². The van der Waals surface area contributed by atoms with Crippen molar-refractivity contribution in [2.24, 2.45) is 0 Å². The number of nitrogen functional groups attached to an aromatic ring is 1. The third-order valence-corrected chi connectivity index (χ3v) is 3.56. The molecule has 0 saturated heterocycles. The molecule has 0 fully saturated rings. The Labute approximate surface area is 133 Å². The van der Waals surface area contributed by atoms with Gasteiger partial charge < -0.3 is 16.4 Å². The van der Waals surface area contributed by atoms with Crippen LogP contribution in [0.2, 0.25) is 5.02 Å². The molecule has 0 aromatic heterocycles. The Morgan fingerprint density at radius 1 is 0.909 bits per heavy atom. The molecular formula is C16H16ClN3O2. The number of hydrogen-bond acceptors (Lipinski definition) is 3. The first-order valence-electron chi connectivity index (χ1n) is 6.61. The minimum absolute atomic E-state index is 0.312. The summed E-state index contributed by atoms with van der Waals surface area (Å²) < 4.78 is 0. The van der Waals surface area contributed by atoms with E-state index in [4.69, 9.17) is 17.3 Å². The lowest BCUT2D eigenvalue weighted by molar-refractivity contribution is -0.132. The van der Waals surface area contributed by atoms with Gasteiger partial charge in [-0.1, -0.05) is 17.7 Å². The van der Waals surface area contributed by atoms with E-state index in [1.165, 1.54) is 6.07 Å². The summed E-state index contributed by atoms with van der Waals surface area (Å²) in [4.78, 5) is 23.8. The Balaban J connectivity index is 2.04. The first kappa shape index (κ1) is 15.9. The predicted octanol–water partition coefficient (Wildman–Crippen LogP) is 3.12. The van der Waals surface area contributed by atoms with Crippen LogP contribution in [0.25, 0.3) is 0 Å². The lowest BCUT2D eigenvalue weighted by Gasteiger charge is -2.09. The van der Waals surface area contributed by atoms with Crippen LogP contribution in [0.15, 0.2) is 36.4 Å². The molecular weight excluding hydrogens is 302 g/mol. The number of benzene rings is 2. The second-order valence-electron chi connectivity index (χ2n) is 4.94. The predicted molar refractivity (Wildman–Crippen MR) is 89.0 cm³/mol. The highest BCUT2D eigenvalue weighted by atomic mass is 35.5. The molecule has 0 spiro atoms. The van der Waals surface area contributed by atoms with Crippen LogP contribution in [0.5, 0.6) is 0 Å². The van der Waals surface area contributed by atoms with Crippen molar-refractivity contribution in [1.29, 1.82) is 0 Å². The highest BCUT2D eigenvalue weighted by Crippen LogP contribution is 2.22. The molecule has 114 valence electrons. The van der Waals surface area contributed by atoms with Gasteiger partial charge in [0.05, 0.1) is 10.7 Å². The van der Waals surface area contributed by atoms with Crippen LogP contribution in [0, 0.1) is 13.8 Å². The second-order valence-corrected chi connectivity index (χ2v) is 5.35. The Bertz CT molecular complexity index is 681. The van der Waals surface area contributed by atoms with E-state index >= 15 is 0 Å². The first-order valence-corrected chi connectivity index (χ1v) is 6.99. The Morgan fingerprint density at radius 3 is 2.00 bits per heavy atom. The highest BCUT2D eigenvalue weighted by molar-refractivity contribution is 6.43. The molecule has 0 heterocycles. The SMILES string of the molecule is Cc1ccc(NC(=O)C(=O)Nc2ccc(N)c(Cl)c2)cc1C. The number of nitrogens with two attached hydrogens (primary N) is 1. The summed E-state index contributed by atoms with van der Waals surface area (Å²) in [6, 6.07) is 10.0. The quantitative estimate of drug-likeness (QED) is 0.587. The van der Waals surface area contributed by atoms with Crippen LogP contribution in [0.4, 0.5) is 17.1 Å². The summed E-state index contributed by atoms with van der Waals surface area (Å²) in [5, 5.41) is 5.32. The number of carbonyl (C=O) groups is 2. The molecule has 0 atom stereocenters. The monoisotopic (exact) mass is 317 g/mol. The van der Waals surface area contributed by atoms with Gasteiger partial charge >= 0.3 is 11.8 Å². The standard InChI is InChI=1S/C16H16ClN3O2/c1-9-3-4-11(7-10(9)2)19-15(21)16(22)20-12-5-6-14(18)13(17)8-12/h3-8H,18H2,1-2H3,(H,19,21)(H,20,22). The van der Waals surface area contributed by atoms with Crippen molar-refractivity contribution < 1.29 is 9.59 Å². The Hall–Kier alpha value is -2.53. The largest absolute Gasteiger partial charge is 0.398 e. The lowest BCUT2D eigenvalue weighted by Crippen LogP contribution is -2.29. The second kappa shape index (κ2) is 6.49. The molecule has 2 aromatic carbocycles. The fraction of sp³-hybridized carbons (Fsp3) is 0.125. The number of halogens is 1. The van der Waals surface area contributed by atoms with Gasteiger partial charge in [-0.3, -0.25) is 9.59 Å². The van der Waals surface area contributed by atoms with Gasteiger partial charge in [0.25, 0.3) is 0 Å². The zero-order chi connectivity index (χ0) is 16.3. The molecule has 2 aromatic rings. The maximum atomic E-state index is 11.9. The number of aryl methyl sites for hydroxylation is 2. The van der Waals surface area contributed by atoms with Gasteiger partial charge in [0.15, 0.2) is 0 Å². The molecule has 4 N–H and O–H groups in total. The Morgan fingerprint density at radius 2 is 1.45 bits per heavy atom. The third-order valence-electron chi connectivity index (χ3n) is 3.23. The minimum Gasteiger partial charge on any atom is -0.398 e. The van der Waals surface area contributed by atoms with E-state index in [9.17, 15) is 9.59 Å². The molecule has 0 aliphatic rings. The van der Waals surface area contributed by atoms with Crippen molar-refractivity contribution in [3.05, 3.63) is 52.5 Å². The first-order chi connectivity index (χ1) is 10.4. The van der Waals surface area contributed by atoms with Gasteiger partial charge in [-0.05, 0) is 55.3 Å². The average molecular weight is 318 g/mol. The van der Waals surface area contributed by atoms with Crippen molar-refractivity contribution >= 4 is 40.5 Å². The topological polar surface area (TPSA) is 84.2 Å². The smallest absolute Gasteiger partial charge is 0.314 e.